The fourth-order valence-corrected chi connectivity index (χ4v) is 2.68. The summed E-state index contributed by atoms with van der Waals surface area (Å²) in [4.78, 5) is 13.8. The largest absolute Gasteiger partial charge is 0.493 e. The van der Waals surface area contributed by atoms with Gasteiger partial charge in [-0.2, -0.15) is 0 Å². The minimum absolute atomic E-state index is 0.151. The molecule has 5 heteroatoms. The molecular formula is C16H22ClNO3. The Morgan fingerprint density at radius 3 is 2.81 bits per heavy atom. The van der Waals surface area contributed by atoms with Crippen molar-refractivity contribution in [1.82, 2.24) is 4.90 Å². The molecule has 1 amide bonds. The van der Waals surface area contributed by atoms with Gasteiger partial charge in [0.1, 0.15) is 5.75 Å². The highest BCUT2D eigenvalue weighted by atomic mass is 35.5. The minimum atomic E-state index is -0.245. The van der Waals surface area contributed by atoms with E-state index in [1.807, 2.05) is 24.0 Å². The molecular weight excluding hydrogens is 290 g/mol. The van der Waals surface area contributed by atoms with Gasteiger partial charge in [-0.15, -0.1) is 0 Å². The van der Waals surface area contributed by atoms with Crippen molar-refractivity contribution >= 4 is 17.5 Å². The Balaban J connectivity index is 1.68. The van der Waals surface area contributed by atoms with Gasteiger partial charge in [0.15, 0.2) is 0 Å². The lowest BCUT2D eigenvalue weighted by Gasteiger charge is -2.29. The first-order chi connectivity index (χ1) is 10.1. The van der Waals surface area contributed by atoms with E-state index in [2.05, 4.69) is 0 Å². The Morgan fingerprint density at radius 2 is 2.14 bits per heavy atom. The first-order valence-corrected chi connectivity index (χ1v) is 7.79. The highest BCUT2D eigenvalue weighted by Gasteiger charge is 2.20. The van der Waals surface area contributed by atoms with E-state index < -0.39 is 0 Å². The maximum atomic E-state index is 12.0. The summed E-state index contributed by atoms with van der Waals surface area (Å²) in [5, 5.41) is 10.1. The standard InChI is InChI=1S/C16H22ClNO3/c1-12-11-13(17)4-5-15(12)21-10-2-3-16(20)18-8-6-14(19)7-9-18/h4-5,11,14,19H,2-3,6-10H2,1H3. The highest BCUT2D eigenvalue weighted by molar-refractivity contribution is 6.30. The Hall–Kier alpha value is -1.26. The van der Waals surface area contributed by atoms with Gasteiger partial charge in [0.25, 0.3) is 0 Å². The topological polar surface area (TPSA) is 49.8 Å². The number of ether oxygens (including phenoxy) is 1. The fourth-order valence-electron chi connectivity index (χ4n) is 2.45. The molecule has 1 aromatic carbocycles. The average molecular weight is 312 g/mol. The zero-order valence-electron chi connectivity index (χ0n) is 12.3. The van der Waals surface area contributed by atoms with E-state index in [9.17, 15) is 9.90 Å². The van der Waals surface area contributed by atoms with E-state index in [1.165, 1.54) is 0 Å². The molecule has 0 bridgehead atoms. The van der Waals surface area contributed by atoms with Crippen LogP contribution < -0.4 is 4.74 Å². The number of carbonyl (C=O) groups excluding carboxylic acids is 1. The third-order valence-corrected chi connectivity index (χ3v) is 3.98. The lowest BCUT2D eigenvalue weighted by molar-refractivity contribution is -0.133. The van der Waals surface area contributed by atoms with Crippen LogP contribution in [0, 0.1) is 6.92 Å². The van der Waals surface area contributed by atoms with Crippen LogP contribution in [0.2, 0.25) is 5.02 Å². The Bertz CT molecular complexity index is 484. The van der Waals surface area contributed by atoms with Crippen molar-refractivity contribution in [3.8, 4) is 5.75 Å². The number of benzene rings is 1. The number of piperidine rings is 1. The molecule has 0 spiro atoms. The number of carbonyl (C=O) groups is 1. The average Bonchev–Trinajstić information content (AvgIpc) is 2.46. The number of hydrogen-bond acceptors (Lipinski definition) is 3. The zero-order chi connectivity index (χ0) is 15.2. The number of hydrogen-bond donors (Lipinski definition) is 1. The van der Waals surface area contributed by atoms with Gasteiger partial charge in [-0.05, 0) is 49.9 Å². The maximum Gasteiger partial charge on any atom is 0.222 e. The van der Waals surface area contributed by atoms with Crippen LogP contribution in [0.5, 0.6) is 5.75 Å². The normalized spacial score (nSPS) is 16.0. The molecule has 1 aliphatic heterocycles. The number of rotatable bonds is 5. The molecule has 0 unspecified atom stereocenters. The molecule has 1 fully saturated rings. The molecule has 1 aromatic rings. The number of halogens is 1. The molecule has 116 valence electrons. The van der Waals surface area contributed by atoms with E-state index in [1.54, 1.807) is 6.07 Å². The van der Waals surface area contributed by atoms with Gasteiger partial charge < -0.3 is 14.7 Å². The van der Waals surface area contributed by atoms with Crippen molar-refractivity contribution < 1.29 is 14.6 Å². The van der Waals surface area contributed by atoms with Crippen LogP contribution in [0.25, 0.3) is 0 Å². The number of aliphatic hydroxyl groups excluding tert-OH is 1. The van der Waals surface area contributed by atoms with Crippen molar-refractivity contribution in [3.05, 3.63) is 28.8 Å². The molecule has 1 N–H and O–H groups in total. The smallest absolute Gasteiger partial charge is 0.222 e. The van der Waals surface area contributed by atoms with Crippen LogP contribution in [0.15, 0.2) is 18.2 Å². The van der Waals surface area contributed by atoms with Crippen molar-refractivity contribution in [2.45, 2.75) is 38.7 Å². The summed E-state index contributed by atoms with van der Waals surface area (Å²) < 4.78 is 5.68. The number of amides is 1. The third kappa shape index (κ3) is 4.90. The number of nitrogens with zero attached hydrogens (tertiary/aromatic N) is 1. The number of aliphatic hydroxyl groups is 1. The predicted molar refractivity (Wildman–Crippen MR) is 82.7 cm³/mol. The molecule has 1 aliphatic rings. The summed E-state index contributed by atoms with van der Waals surface area (Å²) in [6, 6.07) is 5.51. The van der Waals surface area contributed by atoms with Gasteiger partial charge in [-0.3, -0.25) is 4.79 Å². The second kappa shape index (κ2) is 7.66. The summed E-state index contributed by atoms with van der Waals surface area (Å²) >= 11 is 5.89. The van der Waals surface area contributed by atoms with E-state index in [0.29, 0.717) is 50.4 Å². The Kier molecular flexibility index (Phi) is 5.88. The third-order valence-electron chi connectivity index (χ3n) is 3.75. The summed E-state index contributed by atoms with van der Waals surface area (Å²) in [5.74, 6) is 0.964. The monoisotopic (exact) mass is 311 g/mol. The molecule has 2 rings (SSSR count). The van der Waals surface area contributed by atoms with Gasteiger partial charge in [-0.1, -0.05) is 11.6 Å². The second-order valence-electron chi connectivity index (χ2n) is 5.47. The quantitative estimate of drug-likeness (QED) is 0.851. The van der Waals surface area contributed by atoms with Crippen LogP contribution in [-0.2, 0) is 4.79 Å². The Labute approximate surface area is 130 Å². The SMILES string of the molecule is Cc1cc(Cl)ccc1OCCCC(=O)N1CCC(O)CC1. The molecule has 0 saturated carbocycles. The molecule has 0 radical (unpaired) electrons. The van der Waals surface area contributed by atoms with Crippen molar-refractivity contribution in [1.29, 1.82) is 0 Å². The van der Waals surface area contributed by atoms with E-state index in [-0.39, 0.29) is 12.0 Å². The molecule has 0 atom stereocenters. The van der Waals surface area contributed by atoms with Crippen molar-refractivity contribution in [3.63, 3.8) is 0 Å². The molecule has 1 saturated heterocycles. The lowest BCUT2D eigenvalue weighted by atomic mass is 10.1. The number of likely N-dealkylation sites (tertiary alicyclic amines) is 1. The van der Waals surface area contributed by atoms with E-state index in [0.717, 1.165) is 11.3 Å². The predicted octanol–water partition coefficient (Wildman–Crippen LogP) is 2.79. The summed E-state index contributed by atoms with van der Waals surface area (Å²) in [6.45, 7) is 3.80. The van der Waals surface area contributed by atoms with Gasteiger partial charge in [-0.25, -0.2) is 0 Å². The van der Waals surface area contributed by atoms with Gasteiger partial charge in [0.2, 0.25) is 5.91 Å². The van der Waals surface area contributed by atoms with Crippen LogP contribution >= 0.6 is 11.6 Å². The maximum absolute atomic E-state index is 12.0. The molecule has 4 nitrogen and oxygen atoms in total. The van der Waals surface area contributed by atoms with Crippen LogP contribution in [0.3, 0.4) is 0 Å². The zero-order valence-corrected chi connectivity index (χ0v) is 13.1. The summed E-state index contributed by atoms with van der Waals surface area (Å²) in [5.41, 5.74) is 0.999. The fraction of sp³-hybridized carbons (Fsp3) is 0.562. The second-order valence-corrected chi connectivity index (χ2v) is 5.91. The first kappa shape index (κ1) is 16.1. The molecule has 0 aliphatic carbocycles. The van der Waals surface area contributed by atoms with Crippen LogP contribution in [0.1, 0.15) is 31.2 Å². The van der Waals surface area contributed by atoms with Crippen LogP contribution in [0.4, 0.5) is 0 Å². The summed E-state index contributed by atoms with van der Waals surface area (Å²) in [7, 11) is 0. The summed E-state index contributed by atoms with van der Waals surface area (Å²) in [6.07, 6.45) is 2.31. The molecule has 0 aromatic heterocycles. The highest BCUT2D eigenvalue weighted by Crippen LogP contribution is 2.22. The van der Waals surface area contributed by atoms with E-state index >= 15 is 0 Å². The van der Waals surface area contributed by atoms with E-state index in [4.69, 9.17) is 16.3 Å². The van der Waals surface area contributed by atoms with Crippen molar-refractivity contribution in [2.24, 2.45) is 0 Å². The van der Waals surface area contributed by atoms with Crippen molar-refractivity contribution in [2.75, 3.05) is 19.7 Å². The molecule has 1 heterocycles. The number of aryl methyl sites for hydroxylation is 1. The van der Waals surface area contributed by atoms with Gasteiger partial charge in [0.05, 0.1) is 12.7 Å². The Morgan fingerprint density at radius 1 is 1.43 bits per heavy atom. The molecule has 21 heavy (non-hydrogen) atoms. The van der Waals surface area contributed by atoms with Crippen LogP contribution in [-0.4, -0.2) is 41.7 Å². The van der Waals surface area contributed by atoms with Gasteiger partial charge >= 0.3 is 0 Å². The van der Waals surface area contributed by atoms with Gasteiger partial charge in [0, 0.05) is 24.5 Å². The minimum Gasteiger partial charge on any atom is -0.493 e. The lowest BCUT2D eigenvalue weighted by Crippen LogP contribution is -2.40. The first-order valence-electron chi connectivity index (χ1n) is 7.41.